The number of nitrogens with one attached hydrogen (secondary N) is 1. The predicted octanol–water partition coefficient (Wildman–Crippen LogP) is 1.82. The van der Waals surface area contributed by atoms with Crippen molar-refractivity contribution in [2.75, 3.05) is 12.4 Å². The summed E-state index contributed by atoms with van der Waals surface area (Å²) in [4.78, 5) is 12.1. The van der Waals surface area contributed by atoms with Gasteiger partial charge in [-0.25, -0.2) is 0 Å². The summed E-state index contributed by atoms with van der Waals surface area (Å²) in [5.41, 5.74) is 0.605. The maximum absolute atomic E-state index is 12.1. The van der Waals surface area contributed by atoms with Crippen LogP contribution in [0.15, 0.2) is 23.1 Å². The first-order chi connectivity index (χ1) is 8.26. The molecule has 2 aromatic heterocycles. The highest BCUT2D eigenvalue weighted by molar-refractivity contribution is 7.18. The quantitative estimate of drug-likeness (QED) is 0.899. The molecular weight excluding hydrogens is 236 g/mol. The Morgan fingerprint density at radius 2 is 2.29 bits per heavy atom. The summed E-state index contributed by atoms with van der Waals surface area (Å²) in [6.45, 7) is 2.77. The molecule has 0 aliphatic heterocycles. The molecule has 90 valence electrons. The van der Waals surface area contributed by atoms with Crippen LogP contribution in [0.4, 0.5) is 5.13 Å². The third kappa shape index (κ3) is 2.36. The van der Waals surface area contributed by atoms with E-state index in [0.717, 1.165) is 13.0 Å². The average molecular weight is 250 g/mol. The minimum absolute atomic E-state index is 0.00634. The molecule has 2 heterocycles. The van der Waals surface area contributed by atoms with Gasteiger partial charge in [0.05, 0.1) is 5.56 Å². The van der Waals surface area contributed by atoms with Gasteiger partial charge in [-0.1, -0.05) is 18.3 Å². The summed E-state index contributed by atoms with van der Waals surface area (Å²) in [7, 11) is 1.78. The molecular formula is C11H14N4OS. The second-order valence-electron chi connectivity index (χ2n) is 3.58. The predicted molar refractivity (Wildman–Crippen MR) is 69.4 cm³/mol. The van der Waals surface area contributed by atoms with Crippen LogP contribution >= 0.6 is 11.3 Å². The maximum atomic E-state index is 12.1. The van der Waals surface area contributed by atoms with Gasteiger partial charge in [0.2, 0.25) is 5.13 Å². The number of nitrogens with zero attached hydrogens (tertiary/aromatic N) is 3. The molecule has 17 heavy (non-hydrogen) atoms. The van der Waals surface area contributed by atoms with Crippen molar-refractivity contribution >= 4 is 16.5 Å². The van der Waals surface area contributed by atoms with Gasteiger partial charge in [0.1, 0.15) is 0 Å². The molecule has 2 rings (SSSR count). The van der Waals surface area contributed by atoms with Crippen molar-refractivity contribution in [1.82, 2.24) is 14.8 Å². The minimum Gasteiger partial charge on any atom is -0.363 e. The van der Waals surface area contributed by atoms with Crippen molar-refractivity contribution in [2.45, 2.75) is 19.9 Å². The summed E-state index contributed by atoms with van der Waals surface area (Å²) in [5, 5.41) is 12.2. The molecule has 0 aliphatic rings. The molecule has 0 bridgehead atoms. The van der Waals surface area contributed by atoms with Gasteiger partial charge in [-0.15, -0.1) is 10.2 Å². The van der Waals surface area contributed by atoms with E-state index in [0.29, 0.717) is 15.7 Å². The van der Waals surface area contributed by atoms with Crippen LogP contribution in [0.2, 0.25) is 0 Å². The van der Waals surface area contributed by atoms with Crippen LogP contribution in [-0.2, 0) is 6.54 Å². The molecule has 0 aromatic carbocycles. The number of aryl methyl sites for hydroxylation is 1. The molecule has 6 heteroatoms. The summed E-state index contributed by atoms with van der Waals surface area (Å²) in [6.07, 6.45) is 2.73. The van der Waals surface area contributed by atoms with Gasteiger partial charge in [0, 0.05) is 19.8 Å². The number of hydrogen-bond acceptors (Lipinski definition) is 5. The van der Waals surface area contributed by atoms with Crippen molar-refractivity contribution in [3.63, 3.8) is 0 Å². The highest BCUT2D eigenvalue weighted by atomic mass is 32.1. The van der Waals surface area contributed by atoms with Gasteiger partial charge in [-0.3, -0.25) is 4.79 Å². The molecule has 1 N–H and O–H groups in total. The number of hydrogen-bond donors (Lipinski definition) is 1. The molecule has 0 saturated heterocycles. The lowest BCUT2D eigenvalue weighted by Gasteiger charge is -2.04. The van der Waals surface area contributed by atoms with Crippen LogP contribution < -0.4 is 10.9 Å². The van der Waals surface area contributed by atoms with Crippen molar-refractivity contribution in [1.29, 1.82) is 0 Å². The van der Waals surface area contributed by atoms with Crippen LogP contribution in [0.1, 0.15) is 13.3 Å². The van der Waals surface area contributed by atoms with Gasteiger partial charge in [0.15, 0.2) is 5.01 Å². The molecule has 2 aromatic rings. The smallest absolute Gasteiger partial charge is 0.260 e. The highest BCUT2D eigenvalue weighted by Crippen LogP contribution is 2.23. The van der Waals surface area contributed by atoms with Crippen LogP contribution in [-0.4, -0.2) is 21.8 Å². The zero-order chi connectivity index (χ0) is 12.3. The molecule has 0 fully saturated rings. The lowest BCUT2D eigenvalue weighted by molar-refractivity contribution is 0.655. The van der Waals surface area contributed by atoms with Gasteiger partial charge in [-0.2, -0.15) is 0 Å². The fourth-order valence-corrected chi connectivity index (χ4v) is 2.26. The first-order valence-electron chi connectivity index (χ1n) is 5.47. The van der Waals surface area contributed by atoms with Gasteiger partial charge < -0.3 is 9.88 Å². The lowest BCUT2D eigenvalue weighted by atomic mass is 10.3. The van der Waals surface area contributed by atoms with Crippen molar-refractivity contribution < 1.29 is 0 Å². The maximum Gasteiger partial charge on any atom is 0.260 e. The third-order valence-electron chi connectivity index (χ3n) is 2.35. The topological polar surface area (TPSA) is 59.8 Å². The SMILES string of the molecule is CCCn1cccc(-c2nnc(NC)s2)c1=O. The van der Waals surface area contributed by atoms with E-state index in [2.05, 4.69) is 15.5 Å². The number of aromatic nitrogens is 3. The van der Waals surface area contributed by atoms with E-state index in [1.165, 1.54) is 11.3 Å². The van der Waals surface area contributed by atoms with Crippen molar-refractivity contribution in [2.24, 2.45) is 0 Å². The molecule has 0 spiro atoms. The Kier molecular flexibility index (Phi) is 3.53. The molecule has 0 radical (unpaired) electrons. The number of pyridine rings is 1. The Balaban J connectivity index is 2.45. The Bertz CT molecular complexity index is 561. The zero-order valence-electron chi connectivity index (χ0n) is 9.80. The Morgan fingerprint density at radius 1 is 1.47 bits per heavy atom. The molecule has 0 saturated carbocycles. The second-order valence-corrected chi connectivity index (χ2v) is 4.56. The Morgan fingerprint density at radius 3 is 2.94 bits per heavy atom. The molecule has 5 nitrogen and oxygen atoms in total. The van der Waals surface area contributed by atoms with Crippen LogP contribution in [0.3, 0.4) is 0 Å². The molecule has 0 aliphatic carbocycles. The van der Waals surface area contributed by atoms with Gasteiger partial charge >= 0.3 is 0 Å². The minimum atomic E-state index is -0.00634. The summed E-state index contributed by atoms with van der Waals surface area (Å²) >= 11 is 1.38. The standard InChI is InChI=1S/C11H14N4OS/c1-3-6-15-7-4-5-8(10(15)16)9-13-14-11(12-2)17-9/h4-5,7H,3,6H2,1-2H3,(H,12,14). The van der Waals surface area contributed by atoms with E-state index in [1.54, 1.807) is 23.9 Å². The van der Waals surface area contributed by atoms with E-state index >= 15 is 0 Å². The van der Waals surface area contributed by atoms with Crippen LogP contribution in [0.5, 0.6) is 0 Å². The molecule has 0 unspecified atom stereocenters. The fourth-order valence-electron chi connectivity index (χ4n) is 1.55. The first-order valence-corrected chi connectivity index (χ1v) is 6.29. The monoisotopic (exact) mass is 250 g/mol. The van der Waals surface area contributed by atoms with E-state index in [4.69, 9.17) is 0 Å². The van der Waals surface area contributed by atoms with Crippen molar-refractivity contribution in [3.05, 3.63) is 28.7 Å². The Hall–Kier alpha value is -1.69. The average Bonchev–Trinajstić information content (AvgIpc) is 2.80. The lowest BCUT2D eigenvalue weighted by Crippen LogP contribution is -2.20. The third-order valence-corrected chi connectivity index (χ3v) is 3.33. The first kappa shape index (κ1) is 11.8. The number of rotatable bonds is 4. The normalized spacial score (nSPS) is 10.5. The van der Waals surface area contributed by atoms with Gasteiger partial charge in [0.25, 0.3) is 5.56 Å². The number of anilines is 1. The van der Waals surface area contributed by atoms with Crippen LogP contribution in [0.25, 0.3) is 10.6 Å². The highest BCUT2D eigenvalue weighted by Gasteiger charge is 2.10. The molecule has 0 amide bonds. The van der Waals surface area contributed by atoms with E-state index in [-0.39, 0.29) is 5.56 Å². The van der Waals surface area contributed by atoms with E-state index in [1.807, 2.05) is 13.0 Å². The van der Waals surface area contributed by atoms with E-state index < -0.39 is 0 Å². The fraction of sp³-hybridized carbons (Fsp3) is 0.364. The zero-order valence-corrected chi connectivity index (χ0v) is 10.6. The van der Waals surface area contributed by atoms with Crippen LogP contribution in [0, 0.1) is 0 Å². The summed E-state index contributed by atoms with van der Waals surface area (Å²) in [6, 6.07) is 3.65. The van der Waals surface area contributed by atoms with Gasteiger partial charge in [-0.05, 0) is 18.6 Å². The summed E-state index contributed by atoms with van der Waals surface area (Å²) in [5.74, 6) is 0. The largest absolute Gasteiger partial charge is 0.363 e. The second kappa shape index (κ2) is 5.09. The van der Waals surface area contributed by atoms with E-state index in [9.17, 15) is 4.79 Å². The molecule has 0 atom stereocenters. The summed E-state index contributed by atoms with van der Waals surface area (Å²) < 4.78 is 1.70. The van der Waals surface area contributed by atoms with Crippen molar-refractivity contribution in [3.8, 4) is 10.6 Å². The Labute approximate surface area is 103 Å².